The van der Waals surface area contributed by atoms with Crippen LogP contribution in [-0.4, -0.2) is 23.1 Å². The summed E-state index contributed by atoms with van der Waals surface area (Å²) in [5, 5.41) is 4.31. The second-order valence-electron chi connectivity index (χ2n) is 12.1. The Morgan fingerprint density at radius 1 is 1.13 bits per heavy atom. The standard InChI is InChI=1S/C25H37Cl2NO2.C6H12O2/c1-7-13-25(14-11-17(3)8-2)15-12-18(4)22(28-23(25)29)24(5,6)30-21-10-9-19(26)16-20(21)27;1-5(7)8-6(2,3)4/h9-10,16-17H,7-8,11-15H2,1-6H3,(H,28,29);1-4H3. The van der Waals surface area contributed by atoms with E-state index in [0.717, 1.165) is 50.6 Å². The SMILES string of the molecule is CC(=O)OC(C)(C)C.CCCC1(CCC(C)CC)CCC(C)=C(C(C)(C)Oc2ccc(Cl)cc2Cl)NC1=O. The summed E-state index contributed by atoms with van der Waals surface area (Å²) < 4.78 is 11.1. The van der Waals surface area contributed by atoms with Crippen molar-refractivity contribution in [3.05, 3.63) is 39.5 Å². The van der Waals surface area contributed by atoms with E-state index in [0.29, 0.717) is 21.7 Å². The van der Waals surface area contributed by atoms with Gasteiger partial charge in [0.05, 0.1) is 10.7 Å². The van der Waals surface area contributed by atoms with Crippen LogP contribution in [0.2, 0.25) is 10.0 Å². The first-order valence-corrected chi connectivity index (χ1v) is 14.6. The summed E-state index contributed by atoms with van der Waals surface area (Å²) in [7, 11) is 0. The Morgan fingerprint density at radius 2 is 1.76 bits per heavy atom. The van der Waals surface area contributed by atoms with Gasteiger partial charge in [-0.3, -0.25) is 9.59 Å². The van der Waals surface area contributed by atoms with Crippen molar-refractivity contribution in [1.82, 2.24) is 5.32 Å². The third-order valence-corrected chi connectivity index (χ3v) is 7.51. The minimum Gasteiger partial charge on any atom is -0.480 e. The molecule has 0 fully saturated rings. The Labute approximate surface area is 241 Å². The average molecular weight is 571 g/mol. The Bertz CT molecular complexity index is 981. The van der Waals surface area contributed by atoms with Gasteiger partial charge < -0.3 is 14.8 Å². The molecule has 1 aliphatic rings. The van der Waals surface area contributed by atoms with Gasteiger partial charge in [-0.05, 0) is 103 Å². The molecule has 2 rings (SSSR count). The summed E-state index contributed by atoms with van der Waals surface area (Å²) in [5.41, 5.74) is 0.650. The Kier molecular flexibility index (Phi) is 13.2. The lowest BCUT2D eigenvalue weighted by molar-refractivity contribution is -0.151. The Morgan fingerprint density at radius 3 is 2.24 bits per heavy atom. The number of halogens is 2. The molecule has 7 heteroatoms. The van der Waals surface area contributed by atoms with E-state index < -0.39 is 5.60 Å². The van der Waals surface area contributed by atoms with E-state index >= 15 is 0 Å². The van der Waals surface area contributed by atoms with Crippen molar-refractivity contribution >= 4 is 35.1 Å². The van der Waals surface area contributed by atoms with Crippen molar-refractivity contribution in [2.75, 3.05) is 0 Å². The third-order valence-electron chi connectivity index (χ3n) is 6.98. The molecule has 0 bridgehead atoms. The molecule has 1 N–H and O–H groups in total. The largest absolute Gasteiger partial charge is 0.480 e. The van der Waals surface area contributed by atoms with E-state index in [1.165, 1.54) is 12.5 Å². The number of amides is 1. The van der Waals surface area contributed by atoms with Crippen molar-refractivity contribution in [2.24, 2.45) is 11.3 Å². The van der Waals surface area contributed by atoms with Crippen LogP contribution in [0.5, 0.6) is 5.75 Å². The van der Waals surface area contributed by atoms with Crippen molar-refractivity contribution in [3.8, 4) is 5.75 Å². The summed E-state index contributed by atoms with van der Waals surface area (Å²) in [4.78, 5) is 23.8. The van der Waals surface area contributed by atoms with Crippen molar-refractivity contribution in [2.45, 2.75) is 125 Å². The molecule has 0 aliphatic carbocycles. The van der Waals surface area contributed by atoms with Crippen molar-refractivity contribution in [1.29, 1.82) is 0 Å². The zero-order chi connectivity index (χ0) is 29.3. The molecule has 2 unspecified atom stereocenters. The molecule has 1 heterocycles. The fraction of sp³-hybridized carbons (Fsp3) is 0.677. The maximum Gasteiger partial charge on any atom is 0.303 e. The molecule has 1 aromatic carbocycles. The maximum absolute atomic E-state index is 13.5. The van der Waals surface area contributed by atoms with Crippen LogP contribution < -0.4 is 10.1 Å². The molecule has 1 amide bonds. The highest BCUT2D eigenvalue weighted by molar-refractivity contribution is 6.35. The molecule has 216 valence electrons. The van der Waals surface area contributed by atoms with Crippen molar-refractivity contribution in [3.63, 3.8) is 0 Å². The van der Waals surface area contributed by atoms with Gasteiger partial charge >= 0.3 is 5.97 Å². The first kappa shape index (κ1) is 34.3. The van der Waals surface area contributed by atoms with E-state index in [-0.39, 0.29) is 22.9 Å². The van der Waals surface area contributed by atoms with Crippen LogP contribution in [0.1, 0.15) is 114 Å². The molecular weight excluding hydrogens is 521 g/mol. The molecular formula is C31H49Cl2NO4. The van der Waals surface area contributed by atoms with E-state index in [1.807, 2.05) is 34.6 Å². The van der Waals surface area contributed by atoms with E-state index in [9.17, 15) is 9.59 Å². The average Bonchev–Trinajstić information content (AvgIpc) is 2.91. The molecule has 5 nitrogen and oxygen atoms in total. The lowest BCUT2D eigenvalue weighted by Crippen LogP contribution is -2.45. The zero-order valence-electron chi connectivity index (χ0n) is 25.1. The Balaban J connectivity index is 0.000000781. The molecule has 0 radical (unpaired) electrons. The van der Waals surface area contributed by atoms with Crippen LogP contribution in [0.3, 0.4) is 0 Å². The molecule has 0 saturated heterocycles. The smallest absolute Gasteiger partial charge is 0.303 e. The van der Waals surface area contributed by atoms with Gasteiger partial charge in [0.2, 0.25) is 5.91 Å². The molecule has 0 saturated carbocycles. The number of hydrogen-bond donors (Lipinski definition) is 1. The number of carbonyl (C=O) groups excluding carboxylic acids is 2. The van der Waals surface area contributed by atoms with Crippen LogP contribution in [-0.2, 0) is 14.3 Å². The van der Waals surface area contributed by atoms with Crippen LogP contribution >= 0.6 is 23.2 Å². The number of hydrogen-bond acceptors (Lipinski definition) is 4. The van der Waals surface area contributed by atoms with Gasteiger partial charge in [-0.2, -0.15) is 0 Å². The van der Waals surface area contributed by atoms with Crippen LogP contribution in [0.4, 0.5) is 0 Å². The number of rotatable bonds is 9. The summed E-state index contributed by atoms with van der Waals surface area (Å²) >= 11 is 12.3. The van der Waals surface area contributed by atoms with Gasteiger partial charge in [0.25, 0.3) is 0 Å². The molecule has 0 aromatic heterocycles. The summed E-state index contributed by atoms with van der Waals surface area (Å²) in [6, 6.07) is 5.20. The highest BCUT2D eigenvalue weighted by atomic mass is 35.5. The highest BCUT2D eigenvalue weighted by Gasteiger charge is 2.42. The number of allylic oxidation sites excluding steroid dienone is 1. The van der Waals surface area contributed by atoms with Crippen molar-refractivity contribution < 1.29 is 19.1 Å². The lowest BCUT2D eigenvalue weighted by Gasteiger charge is -2.34. The first-order chi connectivity index (χ1) is 17.5. The number of nitrogens with one attached hydrogen (secondary N) is 1. The van der Waals surface area contributed by atoms with Gasteiger partial charge in [0, 0.05) is 17.4 Å². The topological polar surface area (TPSA) is 64.6 Å². The van der Waals surface area contributed by atoms with Gasteiger partial charge in [-0.15, -0.1) is 0 Å². The number of esters is 1. The third kappa shape index (κ3) is 10.8. The normalized spacial score (nSPS) is 19.1. The minimum atomic E-state index is -0.726. The van der Waals surface area contributed by atoms with Gasteiger partial charge in [0.1, 0.15) is 17.0 Å². The van der Waals surface area contributed by atoms with Gasteiger partial charge in [-0.1, -0.05) is 56.8 Å². The van der Waals surface area contributed by atoms with Crippen LogP contribution in [0, 0.1) is 11.3 Å². The predicted molar refractivity (Wildman–Crippen MR) is 159 cm³/mol. The predicted octanol–water partition coefficient (Wildman–Crippen LogP) is 9.30. The lowest BCUT2D eigenvalue weighted by atomic mass is 9.73. The van der Waals surface area contributed by atoms with E-state index in [1.54, 1.807) is 18.2 Å². The number of ether oxygens (including phenoxy) is 2. The molecule has 0 spiro atoms. The fourth-order valence-corrected chi connectivity index (χ4v) is 5.25. The fourth-order valence-electron chi connectivity index (χ4n) is 4.81. The number of carbonyl (C=O) groups is 2. The highest BCUT2D eigenvalue weighted by Crippen LogP contribution is 2.42. The second kappa shape index (κ2) is 14.6. The summed E-state index contributed by atoms with van der Waals surface area (Å²) in [6.07, 6.45) is 6.86. The molecule has 1 aromatic rings. The molecule has 2 atom stereocenters. The summed E-state index contributed by atoms with van der Waals surface area (Å²) in [6.45, 7) is 19.6. The first-order valence-electron chi connectivity index (χ1n) is 13.8. The Hall–Kier alpha value is -1.72. The van der Waals surface area contributed by atoms with E-state index in [2.05, 4.69) is 33.0 Å². The maximum atomic E-state index is 13.5. The summed E-state index contributed by atoms with van der Waals surface area (Å²) in [5.74, 6) is 1.10. The monoisotopic (exact) mass is 569 g/mol. The van der Waals surface area contributed by atoms with E-state index in [4.69, 9.17) is 32.7 Å². The van der Waals surface area contributed by atoms with Gasteiger partial charge in [-0.25, -0.2) is 0 Å². The van der Waals surface area contributed by atoms with Gasteiger partial charge in [0.15, 0.2) is 0 Å². The number of benzene rings is 1. The van der Waals surface area contributed by atoms with Crippen LogP contribution in [0.25, 0.3) is 0 Å². The van der Waals surface area contributed by atoms with Crippen LogP contribution in [0.15, 0.2) is 29.5 Å². The quantitative estimate of drug-likeness (QED) is 0.301. The molecule has 1 aliphatic heterocycles. The zero-order valence-corrected chi connectivity index (χ0v) is 26.7. The second-order valence-corrected chi connectivity index (χ2v) is 12.9. The minimum absolute atomic E-state index is 0.137. The molecule has 38 heavy (non-hydrogen) atoms.